The van der Waals surface area contributed by atoms with E-state index in [9.17, 15) is 0 Å². The van der Waals surface area contributed by atoms with Crippen molar-refractivity contribution in [1.29, 1.82) is 0 Å². The van der Waals surface area contributed by atoms with Gasteiger partial charge in [0.2, 0.25) is 0 Å². The Hall–Kier alpha value is -6.96. The standard InChI is InChI=1S/C54H38O/c1-4-15-38(16-5-1)39-29-27-37(28-30-39)35-50(46-22-11-10-21-44(46)40-17-6-2-7-18-40)43-33-31-42(32-34-43)45-25-14-26-49-53-48-24-13-12-23-47(48)51(36-52(53)55-54(45)49)41-19-8-3-9-20-41/h1-34,36,50H,35H2. The first-order valence-corrected chi connectivity index (χ1v) is 19.1. The van der Waals surface area contributed by atoms with Crippen LogP contribution in [0.25, 0.3) is 77.2 Å². The third-order valence-electron chi connectivity index (χ3n) is 11.1. The SMILES string of the molecule is c1ccc(-c2ccc(CC(c3ccc(-c4cccc5c4oc4cc(-c6ccccc6)c6ccccc6c45)cc3)c3ccccc3-c3ccccc3)cc2)cc1. The van der Waals surface area contributed by atoms with Gasteiger partial charge in [-0.3, -0.25) is 0 Å². The largest absolute Gasteiger partial charge is 0.455 e. The molecule has 0 aliphatic rings. The normalized spacial score (nSPS) is 12.0. The predicted octanol–water partition coefficient (Wildman–Crippen LogP) is 14.8. The van der Waals surface area contributed by atoms with E-state index in [0.717, 1.165) is 34.1 Å². The quantitative estimate of drug-likeness (QED) is 0.154. The van der Waals surface area contributed by atoms with Gasteiger partial charge in [0.1, 0.15) is 11.2 Å². The molecule has 0 saturated heterocycles. The van der Waals surface area contributed by atoms with E-state index in [1.807, 2.05) is 0 Å². The first kappa shape index (κ1) is 32.7. The van der Waals surface area contributed by atoms with E-state index in [4.69, 9.17) is 4.42 Å². The van der Waals surface area contributed by atoms with E-state index in [1.54, 1.807) is 0 Å². The highest BCUT2D eigenvalue weighted by molar-refractivity contribution is 6.23. The smallest absolute Gasteiger partial charge is 0.143 e. The van der Waals surface area contributed by atoms with Gasteiger partial charge in [-0.05, 0) is 78.9 Å². The molecule has 0 fully saturated rings. The summed E-state index contributed by atoms with van der Waals surface area (Å²) in [5, 5.41) is 4.75. The minimum Gasteiger partial charge on any atom is -0.455 e. The maximum absolute atomic E-state index is 6.84. The second kappa shape index (κ2) is 14.1. The van der Waals surface area contributed by atoms with Gasteiger partial charge in [-0.15, -0.1) is 0 Å². The Morgan fingerprint density at radius 3 is 1.58 bits per heavy atom. The van der Waals surface area contributed by atoms with Gasteiger partial charge >= 0.3 is 0 Å². The van der Waals surface area contributed by atoms with Crippen LogP contribution in [-0.2, 0) is 6.42 Å². The number of furan rings is 1. The summed E-state index contributed by atoms with van der Waals surface area (Å²) in [5.41, 5.74) is 15.3. The summed E-state index contributed by atoms with van der Waals surface area (Å²) >= 11 is 0. The van der Waals surface area contributed by atoms with Crippen LogP contribution in [-0.4, -0.2) is 0 Å². The summed E-state index contributed by atoms with van der Waals surface area (Å²) in [6, 6.07) is 76.7. The van der Waals surface area contributed by atoms with Crippen molar-refractivity contribution >= 4 is 32.7 Å². The summed E-state index contributed by atoms with van der Waals surface area (Å²) in [7, 11) is 0. The maximum atomic E-state index is 6.84. The monoisotopic (exact) mass is 702 g/mol. The molecule has 0 amide bonds. The summed E-state index contributed by atoms with van der Waals surface area (Å²) in [6.07, 6.45) is 0.883. The summed E-state index contributed by atoms with van der Waals surface area (Å²) in [4.78, 5) is 0. The van der Waals surface area contributed by atoms with Crippen molar-refractivity contribution < 1.29 is 4.42 Å². The Labute approximate surface area is 321 Å². The van der Waals surface area contributed by atoms with Gasteiger partial charge in [-0.1, -0.05) is 206 Å². The van der Waals surface area contributed by atoms with E-state index in [1.165, 1.54) is 66.2 Å². The highest BCUT2D eigenvalue weighted by Gasteiger charge is 2.21. The Morgan fingerprint density at radius 1 is 0.364 bits per heavy atom. The predicted molar refractivity (Wildman–Crippen MR) is 231 cm³/mol. The second-order valence-electron chi connectivity index (χ2n) is 14.4. The van der Waals surface area contributed by atoms with Crippen molar-refractivity contribution in [2.75, 3.05) is 0 Å². The third kappa shape index (κ3) is 6.10. The molecule has 55 heavy (non-hydrogen) atoms. The lowest BCUT2D eigenvalue weighted by Gasteiger charge is -2.22. The fraction of sp³-hybridized carbons (Fsp3) is 0.0370. The molecular formula is C54H38O. The lowest BCUT2D eigenvalue weighted by Crippen LogP contribution is -2.07. The topological polar surface area (TPSA) is 13.1 Å². The van der Waals surface area contributed by atoms with Crippen LogP contribution in [0.2, 0.25) is 0 Å². The van der Waals surface area contributed by atoms with E-state index >= 15 is 0 Å². The Balaban J connectivity index is 1.07. The van der Waals surface area contributed by atoms with Crippen LogP contribution in [0.15, 0.2) is 217 Å². The van der Waals surface area contributed by atoms with Gasteiger partial charge in [-0.2, -0.15) is 0 Å². The number of hydrogen-bond acceptors (Lipinski definition) is 1. The van der Waals surface area contributed by atoms with Gasteiger partial charge in [0, 0.05) is 22.3 Å². The molecule has 10 aromatic rings. The van der Waals surface area contributed by atoms with E-state index in [0.29, 0.717) is 0 Å². The Kier molecular flexibility index (Phi) is 8.39. The van der Waals surface area contributed by atoms with Crippen molar-refractivity contribution in [2.24, 2.45) is 0 Å². The maximum Gasteiger partial charge on any atom is 0.143 e. The van der Waals surface area contributed by atoms with Crippen molar-refractivity contribution in [2.45, 2.75) is 12.3 Å². The summed E-state index contributed by atoms with van der Waals surface area (Å²) < 4.78 is 6.84. The van der Waals surface area contributed by atoms with Crippen LogP contribution in [0.4, 0.5) is 0 Å². The van der Waals surface area contributed by atoms with Crippen LogP contribution < -0.4 is 0 Å². The van der Waals surface area contributed by atoms with Gasteiger partial charge in [0.05, 0.1) is 0 Å². The zero-order valence-electron chi connectivity index (χ0n) is 30.4. The van der Waals surface area contributed by atoms with Crippen molar-refractivity contribution in [3.05, 3.63) is 229 Å². The summed E-state index contributed by atoms with van der Waals surface area (Å²) in [6.45, 7) is 0. The minimum absolute atomic E-state index is 0.151. The molecule has 9 aromatic carbocycles. The first-order chi connectivity index (χ1) is 27.3. The van der Waals surface area contributed by atoms with Gasteiger partial charge < -0.3 is 4.42 Å². The molecule has 260 valence electrons. The number of para-hydroxylation sites is 1. The highest BCUT2D eigenvalue weighted by Crippen LogP contribution is 2.43. The number of fused-ring (bicyclic) bond motifs is 5. The van der Waals surface area contributed by atoms with Crippen molar-refractivity contribution in [3.63, 3.8) is 0 Å². The number of rotatable bonds is 8. The lowest BCUT2D eigenvalue weighted by molar-refractivity contribution is 0.670. The molecule has 1 unspecified atom stereocenters. The number of hydrogen-bond donors (Lipinski definition) is 0. The average molecular weight is 703 g/mol. The molecule has 1 heteroatoms. The molecule has 0 aliphatic carbocycles. The molecule has 0 N–H and O–H groups in total. The molecular weight excluding hydrogens is 665 g/mol. The zero-order valence-corrected chi connectivity index (χ0v) is 30.4. The van der Waals surface area contributed by atoms with Crippen molar-refractivity contribution in [3.8, 4) is 44.5 Å². The van der Waals surface area contributed by atoms with Crippen molar-refractivity contribution in [1.82, 2.24) is 0 Å². The Morgan fingerprint density at radius 2 is 0.873 bits per heavy atom. The van der Waals surface area contributed by atoms with Crippen LogP contribution in [0.5, 0.6) is 0 Å². The molecule has 1 atom stereocenters. The van der Waals surface area contributed by atoms with Crippen LogP contribution in [0.3, 0.4) is 0 Å². The van der Waals surface area contributed by atoms with Gasteiger partial charge in [0.15, 0.2) is 0 Å². The summed E-state index contributed by atoms with van der Waals surface area (Å²) in [5.74, 6) is 0.151. The van der Waals surface area contributed by atoms with Gasteiger partial charge in [-0.25, -0.2) is 0 Å². The third-order valence-corrected chi connectivity index (χ3v) is 11.1. The fourth-order valence-corrected chi connectivity index (χ4v) is 8.43. The van der Waals surface area contributed by atoms with E-state index < -0.39 is 0 Å². The molecule has 0 saturated carbocycles. The second-order valence-corrected chi connectivity index (χ2v) is 14.4. The molecule has 1 nitrogen and oxygen atoms in total. The number of benzene rings is 9. The molecule has 0 spiro atoms. The van der Waals surface area contributed by atoms with Gasteiger partial charge in [0.25, 0.3) is 0 Å². The first-order valence-electron chi connectivity index (χ1n) is 19.1. The van der Waals surface area contributed by atoms with E-state index in [2.05, 4.69) is 212 Å². The minimum atomic E-state index is 0.151. The van der Waals surface area contributed by atoms with Crippen LogP contribution in [0.1, 0.15) is 22.6 Å². The molecule has 10 rings (SSSR count). The average Bonchev–Trinajstić information content (AvgIpc) is 3.66. The molecule has 0 radical (unpaired) electrons. The molecule has 1 heterocycles. The highest BCUT2D eigenvalue weighted by atomic mass is 16.3. The Bertz CT molecular complexity index is 2900. The fourth-order valence-electron chi connectivity index (χ4n) is 8.43. The molecule has 0 bridgehead atoms. The zero-order chi connectivity index (χ0) is 36.6. The molecule has 1 aromatic heterocycles. The molecule has 0 aliphatic heterocycles. The lowest BCUT2D eigenvalue weighted by atomic mass is 9.81. The van der Waals surface area contributed by atoms with E-state index in [-0.39, 0.29) is 5.92 Å². The van der Waals surface area contributed by atoms with Crippen LogP contribution >= 0.6 is 0 Å². The van der Waals surface area contributed by atoms with Crippen LogP contribution in [0, 0.1) is 0 Å².